The lowest BCUT2D eigenvalue weighted by molar-refractivity contribution is -0.145. The second-order valence-electron chi connectivity index (χ2n) is 8.63. The summed E-state index contributed by atoms with van der Waals surface area (Å²) in [6.45, 7) is 4.25. The minimum atomic E-state index is -0.250. The highest BCUT2D eigenvalue weighted by Gasteiger charge is 2.48. The van der Waals surface area contributed by atoms with Crippen molar-refractivity contribution in [1.82, 2.24) is 14.8 Å². The first kappa shape index (κ1) is 18.2. The first-order valence-electron chi connectivity index (χ1n) is 10.2. The van der Waals surface area contributed by atoms with E-state index in [0.717, 1.165) is 57.2 Å². The van der Waals surface area contributed by atoms with Crippen LogP contribution in [0, 0.1) is 5.41 Å². The molecule has 3 aliphatic rings. The van der Waals surface area contributed by atoms with E-state index in [9.17, 15) is 9.59 Å². The molecular weight excluding hydrogens is 338 g/mol. The molecule has 1 aromatic heterocycles. The Labute approximate surface area is 161 Å². The van der Waals surface area contributed by atoms with Crippen LogP contribution in [0.4, 0.5) is 0 Å². The molecule has 1 spiro atoms. The summed E-state index contributed by atoms with van der Waals surface area (Å²) in [5.41, 5.74) is 0.740. The number of hydrogen-bond donors (Lipinski definition) is 0. The number of rotatable bonds is 3. The van der Waals surface area contributed by atoms with E-state index in [1.807, 2.05) is 18.3 Å². The van der Waals surface area contributed by atoms with E-state index in [1.54, 1.807) is 6.20 Å². The lowest BCUT2D eigenvalue weighted by Crippen LogP contribution is -2.55. The third kappa shape index (κ3) is 3.40. The van der Waals surface area contributed by atoms with Crippen molar-refractivity contribution in [2.24, 2.45) is 5.41 Å². The van der Waals surface area contributed by atoms with Crippen molar-refractivity contribution < 1.29 is 9.59 Å². The molecule has 144 valence electrons. The minimum absolute atomic E-state index is 0.0862. The van der Waals surface area contributed by atoms with Gasteiger partial charge < -0.3 is 9.80 Å². The fourth-order valence-corrected chi connectivity index (χ4v) is 4.99. The molecule has 2 aliphatic heterocycles. The Bertz CT molecular complexity index is 737. The van der Waals surface area contributed by atoms with Gasteiger partial charge in [0.15, 0.2) is 0 Å². The van der Waals surface area contributed by atoms with Crippen LogP contribution in [-0.4, -0.2) is 45.2 Å². The summed E-state index contributed by atoms with van der Waals surface area (Å²) in [6.07, 6.45) is 14.0. The number of likely N-dealkylation sites (tertiary alicyclic amines) is 2. The number of nitrogens with zero attached hydrogens (tertiary/aromatic N) is 3. The molecule has 0 aromatic carbocycles. The van der Waals surface area contributed by atoms with E-state index in [2.05, 4.69) is 33.9 Å². The van der Waals surface area contributed by atoms with Gasteiger partial charge in [0.05, 0.1) is 5.41 Å². The number of carbonyl (C=O) groups is 2. The number of carbonyl (C=O) groups excluding carboxylic acids is 2. The molecule has 2 fully saturated rings. The molecule has 5 heteroatoms. The summed E-state index contributed by atoms with van der Waals surface area (Å²) in [5.74, 6) is 0.535. The van der Waals surface area contributed by atoms with Crippen LogP contribution in [0.25, 0.3) is 0 Å². The van der Waals surface area contributed by atoms with Gasteiger partial charge in [-0.2, -0.15) is 0 Å². The van der Waals surface area contributed by atoms with Crippen LogP contribution in [0.1, 0.15) is 57.4 Å². The van der Waals surface area contributed by atoms with Gasteiger partial charge in [0.2, 0.25) is 11.8 Å². The molecule has 1 aliphatic carbocycles. The van der Waals surface area contributed by atoms with Crippen LogP contribution in [0.15, 0.2) is 36.7 Å². The van der Waals surface area contributed by atoms with Gasteiger partial charge in [-0.3, -0.25) is 14.6 Å². The third-order valence-electron chi connectivity index (χ3n) is 6.84. The molecule has 0 radical (unpaired) electrons. The Morgan fingerprint density at radius 1 is 1.19 bits per heavy atom. The largest absolute Gasteiger partial charge is 0.342 e. The Morgan fingerprint density at radius 3 is 2.67 bits per heavy atom. The van der Waals surface area contributed by atoms with Gasteiger partial charge in [-0.05, 0) is 50.2 Å². The van der Waals surface area contributed by atoms with Crippen LogP contribution in [0.2, 0.25) is 0 Å². The normalized spacial score (nSPS) is 27.4. The number of hydrogen-bond acceptors (Lipinski definition) is 3. The van der Waals surface area contributed by atoms with Crippen molar-refractivity contribution in [1.29, 1.82) is 0 Å². The van der Waals surface area contributed by atoms with Crippen LogP contribution in [0.3, 0.4) is 0 Å². The molecule has 0 N–H and O–H groups in total. The fourth-order valence-electron chi connectivity index (χ4n) is 4.99. The molecule has 1 unspecified atom stereocenters. The first-order chi connectivity index (χ1) is 13.0. The predicted molar refractivity (Wildman–Crippen MR) is 104 cm³/mol. The number of aromatic nitrogens is 1. The predicted octanol–water partition coefficient (Wildman–Crippen LogP) is 3.31. The minimum Gasteiger partial charge on any atom is -0.342 e. The molecule has 3 heterocycles. The van der Waals surface area contributed by atoms with Gasteiger partial charge in [0.1, 0.15) is 0 Å². The first-order valence-corrected chi connectivity index (χ1v) is 10.2. The summed E-state index contributed by atoms with van der Waals surface area (Å²) in [5, 5.41) is 0. The van der Waals surface area contributed by atoms with E-state index in [-0.39, 0.29) is 16.9 Å². The molecule has 2 amide bonds. The van der Waals surface area contributed by atoms with E-state index in [4.69, 9.17) is 0 Å². The Balaban J connectivity index is 1.44. The summed E-state index contributed by atoms with van der Waals surface area (Å²) >= 11 is 0. The average Bonchev–Trinajstić information content (AvgIpc) is 2.99. The number of amides is 2. The van der Waals surface area contributed by atoms with E-state index in [1.165, 1.54) is 0 Å². The van der Waals surface area contributed by atoms with Crippen LogP contribution >= 0.6 is 0 Å². The Hall–Kier alpha value is -2.17. The highest BCUT2D eigenvalue weighted by atomic mass is 16.2. The maximum Gasteiger partial charge on any atom is 0.228 e. The standard InChI is InChI=1S/C22H29N3O2/c1-21(8-3-2-4-9-21)20(27)24-14-11-22(12-15-24)10-7-19(26)25(22)17-18-6-5-13-23-16-18/h2-3,5-6,13,16H,4,7-12,14-15,17H2,1H3. The zero-order chi connectivity index (χ0) is 18.9. The van der Waals surface area contributed by atoms with E-state index >= 15 is 0 Å². The molecule has 27 heavy (non-hydrogen) atoms. The monoisotopic (exact) mass is 367 g/mol. The fraction of sp³-hybridized carbons (Fsp3) is 0.591. The van der Waals surface area contributed by atoms with Gasteiger partial charge in [-0.15, -0.1) is 0 Å². The molecule has 2 saturated heterocycles. The topological polar surface area (TPSA) is 53.5 Å². The number of pyridine rings is 1. The smallest absolute Gasteiger partial charge is 0.228 e. The average molecular weight is 367 g/mol. The van der Waals surface area contributed by atoms with Crippen molar-refractivity contribution in [3.63, 3.8) is 0 Å². The summed E-state index contributed by atoms with van der Waals surface area (Å²) in [7, 11) is 0. The molecule has 1 aromatic rings. The Morgan fingerprint density at radius 2 is 2.00 bits per heavy atom. The highest BCUT2D eigenvalue weighted by molar-refractivity contribution is 5.83. The highest BCUT2D eigenvalue weighted by Crippen LogP contribution is 2.42. The molecule has 1 atom stereocenters. The zero-order valence-electron chi connectivity index (χ0n) is 16.2. The van der Waals surface area contributed by atoms with Gasteiger partial charge in [0, 0.05) is 44.0 Å². The summed E-state index contributed by atoms with van der Waals surface area (Å²) in [4.78, 5) is 34.0. The Kier molecular flexibility index (Phi) is 4.79. The lowest BCUT2D eigenvalue weighted by Gasteiger charge is -2.47. The maximum absolute atomic E-state index is 13.1. The van der Waals surface area contributed by atoms with Crippen molar-refractivity contribution in [2.45, 2.75) is 64.0 Å². The summed E-state index contributed by atoms with van der Waals surface area (Å²) < 4.78 is 0. The number of piperidine rings is 1. The molecule has 4 rings (SSSR count). The van der Waals surface area contributed by atoms with Crippen molar-refractivity contribution in [2.75, 3.05) is 13.1 Å². The lowest BCUT2D eigenvalue weighted by atomic mass is 9.76. The van der Waals surface area contributed by atoms with Crippen LogP contribution in [-0.2, 0) is 16.1 Å². The maximum atomic E-state index is 13.1. The summed E-state index contributed by atoms with van der Waals surface area (Å²) in [6, 6.07) is 3.95. The van der Waals surface area contributed by atoms with Crippen LogP contribution < -0.4 is 0 Å². The van der Waals surface area contributed by atoms with Crippen molar-refractivity contribution in [3.8, 4) is 0 Å². The van der Waals surface area contributed by atoms with E-state index in [0.29, 0.717) is 18.9 Å². The van der Waals surface area contributed by atoms with Crippen molar-refractivity contribution >= 4 is 11.8 Å². The second-order valence-corrected chi connectivity index (χ2v) is 8.63. The zero-order valence-corrected chi connectivity index (χ0v) is 16.2. The van der Waals surface area contributed by atoms with Crippen LogP contribution in [0.5, 0.6) is 0 Å². The molecule has 0 bridgehead atoms. The van der Waals surface area contributed by atoms with E-state index < -0.39 is 0 Å². The van der Waals surface area contributed by atoms with Gasteiger partial charge in [0.25, 0.3) is 0 Å². The third-order valence-corrected chi connectivity index (χ3v) is 6.84. The quantitative estimate of drug-likeness (QED) is 0.770. The van der Waals surface area contributed by atoms with Gasteiger partial charge >= 0.3 is 0 Å². The SMILES string of the molecule is CC1(C(=O)N2CCC3(CCC(=O)N3Cc3cccnc3)CC2)CC=CCC1. The van der Waals surface area contributed by atoms with Gasteiger partial charge in [-0.1, -0.05) is 25.1 Å². The second kappa shape index (κ2) is 7.10. The van der Waals surface area contributed by atoms with Gasteiger partial charge in [-0.25, -0.2) is 0 Å². The van der Waals surface area contributed by atoms with Crippen molar-refractivity contribution in [3.05, 3.63) is 42.2 Å². The molecular formula is C22H29N3O2. The number of allylic oxidation sites excluding steroid dienone is 2. The molecule has 0 saturated carbocycles. The molecule has 5 nitrogen and oxygen atoms in total.